The van der Waals surface area contributed by atoms with Gasteiger partial charge in [-0.3, -0.25) is 0 Å². The summed E-state index contributed by atoms with van der Waals surface area (Å²) in [6.07, 6.45) is 4.56. The molecule has 0 nitrogen and oxygen atoms in total. The van der Waals surface area contributed by atoms with Crippen molar-refractivity contribution in [2.75, 3.05) is 0 Å². The molecule has 0 fully saturated rings. The third kappa shape index (κ3) is 2.37. The maximum atomic E-state index is 2.50. The predicted molar refractivity (Wildman–Crippen MR) is 85.1 cm³/mol. The van der Waals surface area contributed by atoms with Crippen LogP contribution in [-0.4, -0.2) is 0 Å². The Morgan fingerprint density at radius 3 is 2.50 bits per heavy atom. The lowest BCUT2D eigenvalue weighted by Gasteiger charge is -2.24. The van der Waals surface area contributed by atoms with E-state index in [2.05, 4.69) is 83.3 Å². The molecular weight excluding hydrogens is 331 g/mol. The monoisotopic (exact) mass is 346 g/mol. The zero-order valence-electron chi connectivity index (χ0n) is 10.1. The zero-order chi connectivity index (χ0) is 12.4. The lowest BCUT2D eigenvalue weighted by Crippen LogP contribution is -2.10. The normalized spacial score (nSPS) is 18.1. The molecule has 1 aliphatic carbocycles. The molecule has 0 bridgehead atoms. The minimum absolute atomic E-state index is 0.540. The molecule has 0 saturated heterocycles. The Balaban J connectivity index is 1.95. The summed E-state index contributed by atoms with van der Waals surface area (Å²) in [6, 6.07) is 19.6. The summed E-state index contributed by atoms with van der Waals surface area (Å²) in [5.74, 6) is 0.540. The van der Waals surface area contributed by atoms with Crippen molar-refractivity contribution >= 4 is 22.6 Å². The highest BCUT2D eigenvalue weighted by Gasteiger charge is 2.21. The van der Waals surface area contributed by atoms with E-state index in [0.29, 0.717) is 5.92 Å². The van der Waals surface area contributed by atoms with Gasteiger partial charge in [0.25, 0.3) is 0 Å². The third-order valence-electron chi connectivity index (χ3n) is 3.56. The molecule has 1 heteroatoms. The van der Waals surface area contributed by atoms with Gasteiger partial charge in [0, 0.05) is 5.92 Å². The molecule has 18 heavy (non-hydrogen) atoms. The van der Waals surface area contributed by atoms with Crippen molar-refractivity contribution in [2.45, 2.75) is 18.8 Å². The van der Waals surface area contributed by atoms with Crippen LogP contribution < -0.4 is 0 Å². The van der Waals surface area contributed by atoms with Crippen LogP contribution in [0.1, 0.15) is 22.6 Å². The Kier molecular flexibility index (Phi) is 3.50. The molecule has 0 amide bonds. The summed E-state index contributed by atoms with van der Waals surface area (Å²) in [7, 11) is 0. The summed E-state index contributed by atoms with van der Waals surface area (Å²) in [6.45, 7) is 0. The van der Waals surface area contributed by atoms with Crippen molar-refractivity contribution in [1.82, 2.24) is 0 Å². The quantitative estimate of drug-likeness (QED) is 0.680. The molecule has 1 atom stereocenters. The summed E-state index contributed by atoms with van der Waals surface area (Å²) >= 11 is 2.50. The molecule has 0 spiro atoms. The van der Waals surface area contributed by atoms with Gasteiger partial charge in [-0.25, -0.2) is 0 Å². The van der Waals surface area contributed by atoms with Gasteiger partial charge in [0.05, 0.1) is 0 Å². The molecule has 1 unspecified atom stereocenters. The smallest absolute Gasteiger partial charge is 0.0187 e. The van der Waals surface area contributed by atoms with Crippen molar-refractivity contribution in [3.05, 3.63) is 80.9 Å². The van der Waals surface area contributed by atoms with Gasteiger partial charge in [-0.1, -0.05) is 60.7 Å². The van der Waals surface area contributed by atoms with Crippen LogP contribution in [0.15, 0.2) is 64.3 Å². The van der Waals surface area contributed by atoms with E-state index in [9.17, 15) is 0 Å². The number of halogens is 1. The molecule has 0 N–H and O–H groups in total. The van der Waals surface area contributed by atoms with Crippen LogP contribution in [0, 0.1) is 0 Å². The van der Waals surface area contributed by atoms with Crippen molar-refractivity contribution < 1.29 is 0 Å². The standard InChI is InChI=1S/C17H15I/c18-17-11-10-14-8-4-5-9-15(14)16(17)12-13-6-2-1-3-7-13/h1-9,11,16H,10,12H2. The predicted octanol–water partition coefficient (Wildman–Crippen LogP) is 4.89. The van der Waals surface area contributed by atoms with Gasteiger partial charge in [0.2, 0.25) is 0 Å². The van der Waals surface area contributed by atoms with Crippen LogP contribution in [0.25, 0.3) is 0 Å². The summed E-state index contributed by atoms with van der Waals surface area (Å²) < 4.78 is 1.48. The van der Waals surface area contributed by atoms with Gasteiger partial charge in [0.15, 0.2) is 0 Å². The van der Waals surface area contributed by atoms with Gasteiger partial charge < -0.3 is 0 Å². The SMILES string of the molecule is IC1=CCc2ccccc2C1Cc1ccccc1. The van der Waals surface area contributed by atoms with Crippen LogP contribution >= 0.6 is 22.6 Å². The average molecular weight is 346 g/mol. The first-order valence-corrected chi connectivity index (χ1v) is 7.40. The van der Waals surface area contributed by atoms with E-state index >= 15 is 0 Å². The Morgan fingerprint density at radius 2 is 1.67 bits per heavy atom. The number of hydrogen-bond donors (Lipinski definition) is 0. The number of fused-ring (bicyclic) bond motifs is 1. The fourth-order valence-electron chi connectivity index (χ4n) is 2.62. The van der Waals surface area contributed by atoms with E-state index in [1.165, 1.54) is 20.3 Å². The van der Waals surface area contributed by atoms with E-state index in [0.717, 1.165) is 12.8 Å². The van der Waals surface area contributed by atoms with E-state index in [1.807, 2.05) is 0 Å². The number of benzene rings is 2. The Labute approximate surface area is 122 Å². The zero-order valence-corrected chi connectivity index (χ0v) is 12.3. The highest BCUT2D eigenvalue weighted by molar-refractivity contribution is 14.1. The Morgan fingerprint density at radius 1 is 0.944 bits per heavy atom. The summed E-state index contributed by atoms with van der Waals surface area (Å²) in [4.78, 5) is 0. The lowest BCUT2D eigenvalue weighted by molar-refractivity contribution is 0.799. The summed E-state index contributed by atoms with van der Waals surface area (Å²) in [5.41, 5.74) is 4.41. The third-order valence-corrected chi connectivity index (χ3v) is 4.76. The second kappa shape index (κ2) is 5.27. The molecule has 0 radical (unpaired) electrons. The second-order valence-electron chi connectivity index (χ2n) is 4.73. The molecule has 2 aromatic rings. The van der Waals surface area contributed by atoms with Crippen LogP contribution in [0.4, 0.5) is 0 Å². The lowest BCUT2D eigenvalue weighted by atomic mass is 9.84. The minimum Gasteiger partial charge on any atom is -0.0702 e. The van der Waals surface area contributed by atoms with E-state index in [4.69, 9.17) is 0 Å². The van der Waals surface area contributed by atoms with E-state index in [1.54, 1.807) is 0 Å². The topological polar surface area (TPSA) is 0 Å². The van der Waals surface area contributed by atoms with Crippen molar-refractivity contribution in [1.29, 1.82) is 0 Å². The van der Waals surface area contributed by atoms with Crippen molar-refractivity contribution in [3.63, 3.8) is 0 Å². The molecule has 0 aromatic heterocycles. The van der Waals surface area contributed by atoms with Gasteiger partial charge in [-0.05, 0) is 55.7 Å². The van der Waals surface area contributed by atoms with Crippen LogP contribution in [-0.2, 0) is 12.8 Å². The first-order valence-electron chi connectivity index (χ1n) is 6.32. The van der Waals surface area contributed by atoms with Crippen molar-refractivity contribution in [2.24, 2.45) is 0 Å². The van der Waals surface area contributed by atoms with Crippen molar-refractivity contribution in [3.8, 4) is 0 Å². The van der Waals surface area contributed by atoms with Crippen LogP contribution in [0.2, 0.25) is 0 Å². The fourth-order valence-corrected chi connectivity index (χ4v) is 3.39. The van der Waals surface area contributed by atoms with E-state index < -0.39 is 0 Å². The second-order valence-corrected chi connectivity index (χ2v) is 5.98. The molecule has 3 rings (SSSR count). The molecule has 0 heterocycles. The first kappa shape index (κ1) is 12.0. The average Bonchev–Trinajstić information content (AvgIpc) is 2.43. The van der Waals surface area contributed by atoms with Gasteiger partial charge >= 0.3 is 0 Å². The molecular formula is C17H15I. The van der Waals surface area contributed by atoms with Gasteiger partial charge in [0.1, 0.15) is 0 Å². The number of rotatable bonds is 2. The minimum atomic E-state index is 0.540. The fraction of sp³-hybridized carbons (Fsp3) is 0.176. The van der Waals surface area contributed by atoms with Gasteiger partial charge in [-0.15, -0.1) is 0 Å². The molecule has 2 aromatic carbocycles. The van der Waals surface area contributed by atoms with E-state index in [-0.39, 0.29) is 0 Å². The number of hydrogen-bond acceptors (Lipinski definition) is 0. The molecule has 90 valence electrons. The Bertz CT molecular complexity index is 569. The maximum Gasteiger partial charge on any atom is 0.0187 e. The van der Waals surface area contributed by atoms with Crippen LogP contribution in [0.5, 0.6) is 0 Å². The molecule has 0 saturated carbocycles. The first-order chi connectivity index (χ1) is 8.84. The highest BCUT2D eigenvalue weighted by Crippen LogP contribution is 2.38. The van der Waals surface area contributed by atoms with Crippen LogP contribution in [0.3, 0.4) is 0 Å². The Hall–Kier alpha value is -1.09. The highest BCUT2D eigenvalue weighted by atomic mass is 127. The maximum absolute atomic E-state index is 2.50. The summed E-state index contributed by atoms with van der Waals surface area (Å²) in [5, 5.41) is 0. The molecule has 0 aliphatic heterocycles. The number of allylic oxidation sites excluding steroid dienone is 2. The molecule has 1 aliphatic rings. The van der Waals surface area contributed by atoms with Gasteiger partial charge in [-0.2, -0.15) is 0 Å². The largest absolute Gasteiger partial charge is 0.0702 e.